The minimum absolute atomic E-state index is 0.116. The quantitative estimate of drug-likeness (QED) is 0.736. The van der Waals surface area contributed by atoms with Gasteiger partial charge in [-0.15, -0.1) is 0 Å². The summed E-state index contributed by atoms with van der Waals surface area (Å²) in [5, 5.41) is 3.41. The van der Waals surface area contributed by atoms with E-state index in [9.17, 15) is 4.79 Å². The number of nitrogens with one attached hydrogen (secondary N) is 1. The third-order valence-electron chi connectivity index (χ3n) is 5.12. The van der Waals surface area contributed by atoms with E-state index in [1.807, 2.05) is 41.3 Å². The number of amides is 1. The smallest absolute Gasteiger partial charge is 0.228 e. The normalized spacial score (nSPS) is 14.0. The van der Waals surface area contributed by atoms with Crippen molar-refractivity contribution in [2.75, 3.05) is 36.4 Å². The van der Waals surface area contributed by atoms with Crippen molar-refractivity contribution in [3.63, 3.8) is 0 Å². The first-order chi connectivity index (χ1) is 14.1. The minimum atomic E-state index is 0.116. The van der Waals surface area contributed by atoms with Gasteiger partial charge in [-0.25, -0.2) is 4.98 Å². The SMILES string of the molecule is CC(=O)N1CCN(c2nc(Nc3ccc(C)cc3)cc(-c3ccccc3)n2)CC1. The monoisotopic (exact) mass is 387 g/mol. The van der Waals surface area contributed by atoms with Crippen molar-refractivity contribution in [1.82, 2.24) is 14.9 Å². The highest BCUT2D eigenvalue weighted by Gasteiger charge is 2.21. The molecule has 1 saturated heterocycles. The number of rotatable bonds is 4. The van der Waals surface area contributed by atoms with Crippen LogP contribution in [0.5, 0.6) is 0 Å². The summed E-state index contributed by atoms with van der Waals surface area (Å²) in [4.78, 5) is 25.2. The van der Waals surface area contributed by atoms with Crippen LogP contribution in [0, 0.1) is 6.92 Å². The number of hydrogen-bond acceptors (Lipinski definition) is 5. The summed E-state index contributed by atoms with van der Waals surface area (Å²) in [5.74, 6) is 1.56. The van der Waals surface area contributed by atoms with E-state index < -0.39 is 0 Å². The highest BCUT2D eigenvalue weighted by molar-refractivity contribution is 5.73. The molecule has 2 aromatic carbocycles. The summed E-state index contributed by atoms with van der Waals surface area (Å²) in [6, 6.07) is 20.3. The number of benzene rings is 2. The number of carbonyl (C=O) groups is 1. The Labute approximate surface area is 171 Å². The molecule has 6 nitrogen and oxygen atoms in total. The number of piperazine rings is 1. The van der Waals surface area contributed by atoms with Gasteiger partial charge in [0.15, 0.2) is 0 Å². The zero-order valence-corrected chi connectivity index (χ0v) is 16.8. The van der Waals surface area contributed by atoms with Crippen LogP contribution >= 0.6 is 0 Å². The molecule has 0 atom stereocenters. The molecule has 1 fully saturated rings. The fourth-order valence-corrected chi connectivity index (χ4v) is 3.40. The number of aromatic nitrogens is 2. The van der Waals surface area contributed by atoms with Crippen LogP contribution in [-0.4, -0.2) is 47.0 Å². The maximum Gasteiger partial charge on any atom is 0.228 e. The molecule has 6 heteroatoms. The van der Waals surface area contributed by atoms with Crippen LogP contribution in [0.1, 0.15) is 12.5 Å². The van der Waals surface area contributed by atoms with Gasteiger partial charge in [-0.1, -0.05) is 48.0 Å². The number of anilines is 3. The average Bonchev–Trinajstić information content (AvgIpc) is 2.76. The van der Waals surface area contributed by atoms with E-state index >= 15 is 0 Å². The molecule has 4 rings (SSSR count). The Morgan fingerprint density at radius 2 is 1.62 bits per heavy atom. The molecule has 1 aliphatic heterocycles. The van der Waals surface area contributed by atoms with Crippen LogP contribution in [0.15, 0.2) is 60.7 Å². The molecule has 3 aromatic rings. The number of carbonyl (C=O) groups excluding carboxylic acids is 1. The topological polar surface area (TPSA) is 61.4 Å². The molecule has 1 N–H and O–H groups in total. The number of nitrogens with zero attached hydrogens (tertiary/aromatic N) is 4. The van der Waals surface area contributed by atoms with Crippen molar-refractivity contribution in [3.05, 3.63) is 66.2 Å². The van der Waals surface area contributed by atoms with Crippen LogP contribution in [0.3, 0.4) is 0 Å². The Hall–Kier alpha value is -3.41. The Morgan fingerprint density at radius 3 is 2.28 bits per heavy atom. The summed E-state index contributed by atoms with van der Waals surface area (Å²) < 4.78 is 0. The van der Waals surface area contributed by atoms with Crippen LogP contribution in [-0.2, 0) is 4.79 Å². The van der Waals surface area contributed by atoms with Crippen LogP contribution in [0.4, 0.5) is 17.5 Å². The van der Waals surface area contributed by atoms with Crippen molar-refractivity contribution in [2.24, 2.45) is 0 Å². The molecule has 2 heterocycles. The molecule has 0 radical (unpaired) electrons. The molecule has 29 heavy (non-hydrogen) atoms. The molecule has 1 amide bonds. The lowest BCUT2D eigenvalue weighted by Gasteiger charge is -2.34. The first-order valence-corrected chi connectivity index (χ1v) is 9.87. The third kappa shape index (κ3) is 4.54. The standard InChI is InChI=1S/C23H25N5O/c1-17-8-10-20(11-9-17)24-22-16-21(19-6-4-3-5-7-19)25-23(26-22)28-14-12-27(13-15-28)18(2)29/h3-11,16H,12-15H2,1-2H3,(H,24,25,26). The summed E-state index contributed by atoms with van der Waals surface area (Å²) in [6.45, 7) is 6.51. The Kier molecular flexibility index (Phi) is 5.42. The molecule has 1 aromatic heterocycles. The van der Waals surface area contributed by atoms with E-state index in [2.05, 4.69) is 41.4 Å². The van der Waals surface area contributed by atoms with E-state index in [0.717, 1.165) is 35.9 Å². The lowest BCUT2D eigenvalue weighted by atomic mass is 10.1. The summed E-state index contributed by atoms with van der Waals surface area (Å²) in [7, 11) is 0. The van der Waals surface area contributed by atoms with E-state index in [4.69, 9.17) is 9.97 Å². The second-order valence-electron chi connectivity index (χ2n) is 7.29. The molecular weight excluding hydrogens is 362 g/mol. The predicted octanol–water partition coefficient (Wildman–Crippen LogP) is 3.86. The molecule has 0 aliphatic carbocycles. The van der Waals surface area contributed by atoms with Crippen molar-refractivity contribution in [3.8, 4) is 11.3 Å². The Morgan fingerprint density at radius 1 is 0.931 bits per heavy atom. The molecule has 0 saturated carbocycles. The van der Waals surface area contributed by atoms with Gasteiger partial charge in [0, 0.05) is 50.4 Å². The molecule has 1 aliphatic rings. The van der Waals surface area contributed by atoms with Gasteiger partial charge in [0.05, 0.1) is 5.69 Å². The zero-order chi connectivity index (χ0) is 20.2. The maximum atomic E-state index is 11.6. The van der Waals surface area contributed by atoms with Crippen molar-refractivity contribution in [2.45, 2.75) is 13.8 Å². The number of aryl methyl sites for hydroxylation is 1. The van der Waals surface area contributed by atoms with E-state index in [-0.39, 0.29) is 5.91 Å². The van der Waals surface area contributed by atoms with Gasteiger partial charge >= 0.3 is 0 Å². The first kappa shape index (κ1) is 18.9. The van der Waals surface area contributed by atoms with Crippen LogP contribution < -0.4 is 10.2 Å². The van der Waals surface area contributed by atoms with Crippen LogP contribution in [0.25, 0.3) is 11.3 Å². The highest BCUT2D eigenvalue weighted by Crippen LogP contribution is 2.25. The lowest BCUT2D eigenvalue weighted by Crippen LogP contribution is -2.48. The molecule has 0 spiro atoms. The Bertz CT molecular complexity index is 980. The second-order valence-corrected chi connectivity index (χ2v) is 7.29. The fourth-order valence-electron chi connectivity index (χ4n) is 3.40. The largest absolute Gasteiger partial charge is 0.340 e. The fraction of sp³-hybridized carbons (Fsp3) is 0.261. The summed E-state index contributed by atoms with van der Waals surface area (Å²) in [5.41, 5.74) is 4.12. The van der Waals surface area contributed by atoms with Gasteiger partial charge in [0.2, 0.25) is 11.9 Å². The van der Waals surface area contributed by atoms with Gasteiger partial charge < -0.3 is 15.1 Å². The summed E-state index contributed by atoms with van der Waals surface area (Å²) >= 11 is 0. The van der Waals surface area contributed by atoms with Crippen LogP contribution in [0.2, 0.25) is 0 Å². The highest BCUT2D eigenvalue weighted by atomic mass is 16.2. The van der Waals surface area contributed by atoms with Gasteiger partial charge in [-0.05, 0) is 19.1 Å². The van der Waals surface area contributed by atoms with Gasteiger partial charge in [-0.3, -0.25) is 4.79 Å². The first-order valence-electron chi connectivity index (χ1n) is 9.87. The Balaban J connectivity index is 1.65. The molecule has 0 unspecified atom stereocenters. The zero-order valence-electron chi connectivity index (χ0n) is 16.8. The lowest BCUT2D eigenvalue weighted by molar-refractivity contribution is -0.129. The molecular formula is C23H25N5O. The van der Waals surface area contributed by atoms with Crippen molar-refractivity contribution < 1.29 is 4.79 Å². The predicted molar refractivity (Wildman–Crippen MR) is 116 cm³/mol. The second kappa shape index (κ2) is 8.31. The molecule has 148 valence electrons. The van der Waals surface area contributed by atoms with Gasteiger partial charge in [0.1, 0.15) is 5.82 Å². The van der Waals surface area contributed by atoms with E-state index in [1.54, 1.807) is 6.92 Å². The van der Waals surface area contributed by atoms with Crippen molar-refractivity contribution in [1.29, 1.82) is 0 Å². The van der Waals surface area contributed by atoms with E-state index in [0.29, 0.717) is 19.0 Å². The summed E-state index contributed by atoms with van der Waals surface area (Å²) in [6.07, 6.45) is 0. The molecule has 0 bridgehead atoms. The minimum Gasteiger partial charge on any atom is -0.340 e. The maximum absolute atomic E-state index is 11.6. The third-order valence-corrected chi connectivity index (χ3v) is 5.12. The van der Waals surface area contributed by atoms with Gasteiger partial charge in [-0.2, -0.15) is 4.98 Å². The van der Waals surface area contributed by atoms with Crippen molar-refractivity contribution >= 4 is 23.4 Å². The van der Waals surface area contributed by atoms with E-state index in [1.165, 1.54) is 5.56 Å². The van der Waals surface area contributed by atoms with Gasteiger partial charge in [0.25, 0.3) is 0 Å². The number of hydrogen-bond donors (Lipinski definition) is 1. The average molecular weight is 387 g/mol.